The highest BCUT2D eigenvalue weighted by Crippen LogP contribution is 2.29. The van der Waals surface area contributed by atoms with Gasteiger partial charge in [0.15, 0.2) is 0 Å². The van der Waals surface area contributed by atoms with Crippen molar-refractivity contribution in [3.63, 3.8) is 0 Å². The van der Waals surface area contributed by atoms with Crippen molar-refractivity contribution < 1.29 is 18.0 Å². The fourth-order valence-electron chi connectivity index (χ4n) is 2.60. The molecule has 0 aliphatic carbocycles. The van der Waals surface area contributed by atoms with Crippen LogP contribution in [-0.4, -0.2) is 28.8 Å². The molecule has 0 bridgehead atoms. The summed E-state index contributed by atoms with van der Waals surface area (Å²) in [5.41, 5.74) is 0.784. The summed E-state index contributed by atoms with van der Waals surface area (Å²) < 4.78 is 39.3. The number of alkyl halides is 3. The van der Waals surface area contributed by atoms with Gasteiger partial charge in [-0.05, 0) is 38.1 Å². The van der Waals surface area contributed by atoms with Crippen molar-refractivity contribution in [2.45, 2.75) is 31.6 Å². The molecular formula is C17H22ClF3N4O. The van der Waals surface area contributed by atoms with Crippen LogP contribution in [0.4, 0.5) is 13.2 Å². The molecule has 144 valence electrons. The van der Waals surface area contributed by atoms with E-state index in [0.29, 0.717) is 6.42 Å². The van der Waals surface area contributed by atoms with Crippen LogP contribution in [0.3, 0.4) is 0 Å². The van der Waals surface area contributed by atoms with Crippen LogP contribution in [0.1, 0.15) is 29.7 Å². The molecule has 0 aliphatic heterocycles. The molecule has 9 heteroatoms. The number of likely N-dealkylation sites (N-methyl/N-ethyl adjacent to an activating group) is 1. The number of rotatable bonds is 6. The molecule has 0 aliphatic rings. The molecule has 2 unspecified atom stereocenters. The zero-order valence-corrected chi connectivity index (χ0v) is 15.5. The fourth-order valence-corrected chi connectivity index (χ4v) is 2.60. The standard InChI is InChI=1S/C17H21F3N4O.ClH/c1-11(8-12-4-6-14(7-5-12)17(18,19)20)23-16(25)15(21-2)13-9-22-24(3)10-13;/h4-7,9-11,15,21H,8H2,1-3H3,(H,23,25);1H. The van der Waals surface area contributed by atoms with E-state index in [1.807, 2.05) is 6.92 Å². The Bertz CT molecular complexity index is 716. The summed E-state index contributed by atoms with van der Waals surface area (Å²) in [5.74, 6) is -0.213. The number of nitrogens with one attached hydrogen (secondary N) is 2. The van der Waals surface area contributed by atoms with Gasteiger partial charge < -0.3 is 10.6 Å². The van der Waals surface area contributed by atoms with Gasteiger partial charge >= 0.3 is 6.18 Å². The summed E-state index contributed by atoms with van der Waals surface area (Å²) >= 11 is 0. The molecule has 0 spiro atoms. The van der Waals surface area contributed by atoms with Crippen molar-refractivity contribution in [1.82, 2.24) is 20.4 Å². The molecule has 0 saturated carbocycles. The van der Waals surface area contributed by atoms with E-state index in [-0.39, 0.29) is 24.4 Å². The van der Waals surface area contributed by atoms with Gasteiger partial charge in [0.05, 0.1) is 11.8 Å². The van der Waals surface area contributed by atoms with Gasteiger partial charge in [-0.15, -0.1) is 12.4 Å². The second-order valence-corrected chi connectivity index (χ2v) is 5.98. The summed E-state index contributed by atoms with van der Waals surface area (Å²) in [7, 11) is 3.44. The lowest BCUT2D eigenvalue weighted by molar-refractivity contribution is -0.137. The predicted molar refractivity (Wildman–Crippen MR) is 95.0 cm³/mol. The van der Waals surface area contributed by atoms with Crippen LogP contribution >= 0.6 is 12.4 Å². The molecule has 2 rings (SSSR count). The van der Waals surface area contributed by atoms with E-state index in [1.54, 1.807) is 31.2 Å². The van der Waals surface area contributed by atoms with E-state index in [1.165, 1.54) is 12.1 Å². The zero-order chi connectivity index (χ0) is 18.6. The summed E-state index contributed by atoms with van der Waals surface area (Å²) in [6, 6.07) is 4.20. The summed E-state index contributed by atoms with van der Waals surface area (Å²) in [6.07, 6.45) is -0.544. The van der Waals surface area contributed by atoms with Gasteiger partial charge in [0.25, 0.3) is 0 Å². The Labute approximate surface area is 156 Å². The fraction of sp³-hybridized carbons (Fsp3) is 0.412. The Hall–Kier alpha value is -2.06. The summed E-state index contributed by atoms with van der Waals surface area (Å²) in [6.45, 7) is 1.81. The van der Waals surface area contributed by atoms with Crippen molar-refractivity contribution in [3.05, 3.63) is 53.3 Å². The third kappa shape index (κ3) is 5.74. The summed E-state index contributed by atoms with van der Waals surface area (Å²) in [4.78, 5) is 12.4. The normalized spacial score (nSPS) is 13.6. The highest BCUT2D eigenvalue weighted by Gasteiger charge is 2.30. The van der Waals surface area contributed by atoms with Gasteiger partial charge in [0, 0.05) is 24.8 Å². The van der Waals surface area contributed by atoms with E-state index in [2.05, 4.69) is 15.7 Å². The number of aromatic nitrogens is 2. The number of nitrogens with zero attached hydrogens (tertiary/aromatic N) is 2. The smallest absolute Gasteiger partial charge is 0.352 e. The van der Waals surface area contributed by atoms with Gasteiger partial charge in [-0.1, -0.05) is 12.1 Å². The Morgan fingerprint density at radius 3 is 2.35 bits per heavy atom. The molecule has 1 amide bonds. The van der Waals surface area contributed by atoms with E-state index >= 15 is 0 Å². The Morgan fingerprint density at radius 1 is 1.27 bits per heavy atom. The van der Waals surface area contributed by atoms with Crippen molar-refractivity contribution >= 4 is 18.3 Å². The van der Waals surface area contributed by atoms with Crippen LogP contribution in [-0.2, 0) is 24.4 Å². The zero-order valence-electron chi connectivity index (χ0n) is 14.7. The third-order valence-corrected chi connectivity index (χ3v) is 3.82. The molecule has 2 atom stereocenters. The van der Waals surface area contributed by atoms with Crippen molar-refractivity contribution in [2.75, 3.05) is 7.05 Å². The highest BCUT2D eigenvalue weighted by molar-refractivity contribution is 5.85. The SMILES string of the molecule is CNC(C(=O)NC(C)Cc1ccc(C(F)(F)F)cc1)c1cnn(C)c1.Cl. The first-order chi connectivity index (χ1) is 11.7. The Kier molecular flexibility index (Phi) is 7.65. The topological polar surface area (TPSA) is 59.0 Å². The van der Waals surface area contributed by atoms with Crippen molar-refractivity contribution in [3.8, 4) is 0 Å². The molecule has 1 aromatic carbocycles. The van der Waals surface area contributed by atoms with E-state index in [4.69, 9.17) is 0 Å². The minimum absolute atomic E-state index is 0. The molecule has 2 aromatic rings. The van der Waals surface area contributed by atoms with Crippen LogP contribution < -0.4 is 10.6 Å². The van der Waals surface area contributed by atoms with Crippen LogP contribution in [0.2, 0.25) is 0 Å². The van der Waals surface area contributed by atoms with Gasteiger partial charge in [0.1, 0.15) is 6.04 Å². The van der Waals surface area contributed by atoms with Crippen molar-refractivity contribution in [1.29, 1.82) is 0 Å². The second kappa shape index (κ2) is 9.05. The predicted octanol–water partition coefficient (Wildman–Crippen LogP) is 2.87. The van der Waals surface area contributed by atoms with E-state index in [0.717, 1.165) is 23.3 Å². The first kappa shape index (κ1) is 22.0. The molecule has 0 saturated heterocycles. The molecule has 26 heavy (non-hydrogen) atoms. The van der Waals surface area contributed by atoms with Crippen molar-refractivity contribution in [2.24, 2.45) is 7.05 Å². The molecule has 0 fully saturated rings. The molecule has 1 heterocycles. The first-order valence-electron chi connectivity index (χ1n) is 7.83. The maximum Gasteiger partial charge on any atom is 0.416 e. The molecule has 0 radical (unpaired) electrons. The van der Waals surface area contributed by atoms with Crippen LogP contribution in [0.25, 0.3) is 0 Å². The number of carbonyl (C=O) groups is 1. The van der Waals surface area contributed by atoms with Crippen LogP contribution in [0.15, 0.2) is 36.7 Å². The minimum atomic E-state index is -4.35. The molecular weight excluding hydrogens is 369 g/mol. The lowest BCUT2D eigenvalue weighted by atomic mass is 10.0. The summed E-state index contributed by atoms with van der Waals surface area (Å²) in [5, 5.41) is 9.85. The van der Waals surface area contributed by atoms with E-state index < -0.39 is 17.8 Å². The number of hydrogen-bond acceptors (Lipinski definition) is 3. The van der Waals surface area contributed by atoms with E-state index in [9.17, 15) is 18.0 Å². The Morgan fingerprint density at radius 2 is 1.88 bits per heavy atom. The average molecular weight is 391 g/mol. The Balaban J connectivity index is 0.00000338. The number of aryl methyl sites for hydroxylation is 1. The number of carbonyl (C=O) groups excluding carboxylic acids is 1. The first-order valence-corrected chi connectivity index (χ1v) is 7.83. The van der Waals surface area contributed by atoms with Crippen LogP contribution in [0.5, 0.6) is 0 Å². The molecule has 5 nitrogen and oxygen atoms in total. The average Bonchev–Trinajstić information content (AvgIpc) is 2.93. The minimum Gasteiger partial charge on any atom is -0.352 e. The van der Waals surface area contributed by atoms with Gasteiger partial charge in [-0.3, -0.25) is 9.48 Å². The van der Waals surface area contributed by atoms with Gasteiger partial charge in [0.2, 0.25) is 5.91 Å². The lowest BCUT2D eigenvalue weighted by Crippen LogP contribution is -2.41. The number of halogens is 4. The largest absolute Gasteiger partial charge is 0.416 e. The van der Waals surface area contributed by atoms with Crippen LogP contribution in [0, 0.1) is 0 Å². The highest BCUT2D eigenvalue weighted by atomic mass is 35.5. The number of benzene rings is 1. The number of hydrogen-bond donors (Lipinski definition) is 2. The maximum atomic E-state index is 12.6. The van der Waals surface area contributed by atoms with Gasteiger partial charge in [-0.2, -0.15) is 18.3 Å². The second-order valence-electron chi connectivity index (χ2n) is 5.98. The van der Waals surface area contributed by atoms with Gasteiger partial charge in [-0.25, -0.2) is 0 Å². The lowest BCUT2D eigenvalue weighted by Gasteiger charge is -2.19. The number of amides is 1. The third-order valence-electron chi connectivity index (χ3n) is 3.82. The molecule has 1 aromatic heterocycles. The monoisotopic (exact) mass is 390 g/mol. The maximum absolute atomic E-state index is 12.6. The quantitative estimate of drug-likeness (QED) is 0.797. The molecule has 2 N–H and O–H groups in total.